The van der Waals surface area contributed by atoms with Gasteiger partial charge in [-0.15, -0.1) is 0 Å². The van der Waals surface area contributed by atoms with E-state index in [2.05, 4.69) is 15.5 Å². The predicted octanol–water partition coefficient (Wildman–Crippen LogP) is 1.55. The van der Waals surface area contributed by atoms with Gasteiger partial charge in [-0.3, -0.25) is 4.21 Å². The second kappa shape index (κ2) is 4.30. The molecule has 1 unspecified atom stereocenters. The van der Waals surface area contributed by atoms with E-state index in [9.17, 15) is 4.21 Å². The van der Waals surface area contributed by atoms with E-state index in [4.69, 9.17) is 0 Å². The van der Waals surface area contributed by atoms with E-state index in [0.29, 0.717) is 5.16 Å². The molecule has 0 aliphatic carbocycles. The van der Waals surface area contributed by atoms with Gasteiger partial charge in [0.15, 0.2) is 0 Å². The molecule has 0 fully saturated rings. The van der Waals surface area contributed by atoms with Crippen LogP contribution in [0.25, 0.3) is 16.5 Å². The molecule has 1 aromatic heterocycles. The Kier molecular flexibility index (Phi) is 2.64. The molecule has 1 atom stereocenters. The van der Waals surface area contributed by atoms with Crippen molar-refractivity contribution in [3.63, 3.8) is 0 Å². The molecule has 3 rings (SSSR count). The molecule has 0 amide bonds. The molecule has 0 aliphatic heterocycles. The molecule has 0 bridgehead atoms. The molecule has 2 aromatic carbocycles. The van der Waals surface area contributed by atoms with Crippen LogP contribution in [0.3, 0.4) is 0 Å². The van der Waals surface area contributed by atoms with Gasteiger partial charge >= 0.3 is 0 Å². The second-order valence-corrected chi connectivity index (χ2v) is 5.10. The van der Waals surface area contributed by atoms with Crippen LogP contribution in [0.5, 0.6) is 0 Å². The Morgan fingerprint density at radius 1 is 1.11 bits per heavy atom. The summed E-state index contributed by atoms with van der Waals surface area (Å²) in [7, 11) is -1.23. The molecule has 0 N–H and O–H groups in total. The third kappa shape index (κ3) is 1.70. The minimum Gasteiger partial charge on any atom is -0.251 e. The highest BCUT2D eigenvalue weighted by Crippen LogP contribution is 2.22. The molecular formula is C12H10N4OS. The predicted molar refractivity (Wildman–Crippen MR) is 69.0 cm³/mol. The highest BCUT2D eigenvalue weighted by molar-refractivity contribution is 7.84. The smallest absolute Gasteiger partial charge is 0.244 e. The number of tetrazole rings is 1. The zero-order valence-electron chi connectivity index (χ0n) is 9.65. The van der Waals surface area contributed by atoms with Gasteiger partial charge in [0.1, 0.15) is 0 Å². The van der Waals surface area contributed by atoms with Gasteiger partial charge in [-0.2, -0.15) is 4.68 Å². The van der Waals surface area contributed by atoms with Crippen molar-refractivity contribution in [3.8, 4) is 5.69 Å². The van der Waals surface area contributed by atoms with Gasteiger partial charge in [0.05, 0.1) is 16.5 Å². The summed E-state index contributed by atoms with van der Waals surface area (Å²) in [5.41, 5.74) is 0.836. The van der Waals surface area contributed by atoms with Crippen molar-refractivity contribution in [3.05, 3.63) is 42.5 Å². The SMILES string of the molecule is CS(=O)c1nnnn1-c1cccc2ccccc12. The van der Waals surface area contributed by atoms with E-state index in [1.54, 1.807) is 6.26 Å². The number of hydrogen-bond donors (Lipinski definition) is 0. The van der Waals surface area contributed by atoms with Crippen molar-refractivity contribution >= 4 is 21.6 Å². The lowest BCUT2D eigenvalue weighted by Gasteiger charge is -2.06. The average Bonchev–Trinajstić information content (AvgIpc) is 2.87. The maximum atomic E-state index is 11.6. The standard InChI is InChI=1S/C12H10N4OS/c1-18(17)12-13-14-15-16(12)11-8-4-6-9-5-2-3-7-10(9)11/h2-8H,1H3. The normalized spacial score (nSPS) is 12.7. The number of hydrogen-bond acceptors (Lipinski definition) is 4. The number of nitrogens with zero attached hydrogens (tertiary/aromatic N) is 4. The fraction of sp³-hybridized carbons (Fsp3) is 0.0833. The van der Waals surface area contributed by atoms with Crippen molar-refractivity contribution in [2.75, 3.05) is 6.26 Å². The summed E-state index contributed by atoms with van der Waals surface area (Å²) in [6.07, 6.45) is 1.56. The lowest BCUT2D eigenvalue weighted by molar-refractivity contribution is 0.671. The summed E-state index contributed by atoms with van der Waals surface area (Å²) in [6.45, 7) is 0. The maximum absolute atomic E-state index is 11.6. The molecule has 6 heteroatoms. The first-order valence-electron chi connectivity index (χ1n) is 5.37. The molecule has 5 nitrogen and oxygen atoms in total. The first kappa shape index (κ1) is 11.0. The zero-order chi connectivity index (χ0) is 12.5. The lowest BCUT2D eigenvalue weighted by Crippen LogP contribution is -2.04. The third-order valence-electron chi connectivity index (χ3n) is 2.69. The quantitative estimate of drug-likeness (QED) is 0.699. The molecule has 0 spiro atoms. The Balaban J connectivity index is 2.32. The second-order valence-electron chi connectivity index (χ2n) is 3.83. The van der Waals surface area contributed by atoms with Crippen molar-refractivity contribution < 1.29 is 4.21 Å². The van der Waals surface area contributed by atoms with Crippen LogP contribution in [0.2, 0.25) is 0 Å². The summed E-state index contributed by atoms with van der Waals surface area (Å²) in [5.74, 6) is 0. The number of aromatic nitrogens is 4. The molecule has 90 valence electrons. The van der Waals surface area contributed by atoms with Gasteiger partial charge in [0, 0.05) is 11.6 Å². The van der Waals surface area contributed by atoms with Crippen LogP contribution in [0, 0.1) is 0 Å². The Hall–Kier alpha value is -2.08. The van der Waals surface area contributed by atoms with Gasteiger partial charge in [0.2, 0.25) is 5.16 Å². The number of benzene rings is 2. The van der Waals surface area contributed by atoms with Gasteiger partial charge in [0.25, 0.3) is 0 Å². The molecule has 1 heterocycles. The van der Waals surface area contributed by atoms with Gasteiger partial charge < -0.3 is 0 Å². The van der Waals surface area contributed by atoms with Crippen LogP contribution in [0.15, 0.2) is 47.6 Å². The zero-order valence-corrected chi connectivity index (χ0v) is 10.5. The van der Waals surface area contributed by atoms with Crippen LogP contribution >= 0.6 is 0 Å². The van der Waals surface area contributed by atoms with E-state index in [-0.39, 0.29) is 0 Å². The fourth-order valence-electron chi connectivity index (χ4n) is 1.90. The van der Waals surface area contributed by atoms with Crippen molar-refractivity contribution in [1.82, 2.24) is 20.2 Å². The monoisotopic (exact) mass is 258 g/mol. The Bertz CT molecular complexity index is 732. The summed E-state index contributed by atoms with van der Waals surface area (Å²) in [6, 6.07) is 13.8. The molecule has 0 saturated carbocycles. The van der Waals surface area contributed by atoms with Crippen LogP contribution in [0.1, 0.15) is 0 Å². The minimum atomic E-state index is -1.23. The van der Waals surface area contributed by atoms with Gasteiger partial charge in [-0.05, 0) is 21.9 Å². The fourth-order valence-corrected chi connectivity index (χ4v) is 2.43. The number of fused-ring (bicyclic) bond motifs is 1. The summed E-state index contributed by atoms with van der Waals surface area (Å²) in [4.78, 5) is 0. The minimum absolute atomic E-state index is 0.353. The summed E-state index contributed by atoms with van der Waals surface area (Å²) >= 11 is 0. The van der Waals surface area contributed by atoms with E-state index < -0.39 is 10.8 Å². The molecule has 18 heavy (non-hydrogen) atoms. The molecule has 0 saturated heterocycles. The van der Waals surface area contributed by atoms with Crippen LogP contribution < -0.4 is 0 Å². The maximum Gasteiger partial charge on any atom is 0.244 e. The summed E-state index contributed by atoms with van der Waals surface area (Å²) < 4.78 is 13.1. The molecule has 0 aliphatic rings. The van der Waals surface area contributed by atoms with E-state index >= 15 is 0 Å². The van der Waals surface area contributed by atoms with Gasteiger partial charge in [-0.1, -0.05) is 41.5 Å². The topological polar surface area (TPSA) is 60.7 Å². The van der Waals surface area contributed by atoms with Gasteiger partial charge in [-0.25, -0.2) is 0 Å². The largest absolute Gasteiger partial charge is 0.251 e. The Morgan fingerprint density at radius 2 is 1.89 bits per heavy atom. The number of rotatable bonds is 2. The average molecular weight is 258 g/mol. The third-order valence-corrected chi connectivity index (χ3v) is 3.46. The molecular weight excluding hydrogens is 248 g/mol. The Morgan fingerprint density at radius 3 is 2.72 bits per heavy atom. The first-order chi connectivity index (χ1) is 8.77. The van der Waals surface area contributed by atoms with Crippen molar-refractivity contribution in [2.45, 2.75) is 5.16 Å². The first-order valence-corrected chi connectivity index (χ1v) is 6.93. The van der Waals surface area contributed by atoms with Crippen molar-refractivity contribution in [1.29, 1.82) is 0 Å². The Labute approximate surface area is 106 Å². The molecule has 3 aromatic rings. The summed E-state index contributed by atoms with van der Waals surface area (Å²) in [5, 5.41) is 13.8. The van der Waals surface area contributed by atoms with Crippen LogP contribution in [0.4, 0.5) is 0 Å². The highest BCUT2D eigenvalue weighted by Gasteiger charge is 2.13. The lowest BCUT2D eigenvalue weighted by atomic mass is 10.1. The molecule has 0 radical (unpaired) electrons. The van der Waals surface area contributed by atoms with Crippen LogP contribution in [-0.2, 0) is 10.8 Å². The van der Waals surface area contributed by atoms with E-state index in [1.165, 1.54) is 4.68 Å². The van der Waals surface area contributed by atoms with E-state index in [0.717, 1.165) is 16.5 Å². The van der Waals surface area contributed by atoms with Crippen molar-refractivity contribution in [2.24, 2.45) is 0 Å². The highest BCUT2D eigenvalue weighted by atomic mass is 32.2. The van der Waals surface area contributed by atoms with Crippen LogP contribution in [-0.4, -0.2) is 30.7 Å². The van der Waals surface area contributed by atoms with E-state index in [1.807, 2.05) is 42.5 Å².